The Morgan fingerprint density at radius 3 is 2.19 bits per heavy atom. The number of hydrogen-bond donors (Lipinski definition) is 0. The molecule has 5 heteroatoms. The van der Waals surface area contributed by atoms with Gasteiger partial charge in [0.25, 0.3) is 0 Å². The number of Topliss-reactive ketones (excluding diaryl/α,β-unsaturated/α-hetero) is 1. The number of halogens is 1. The molecule has 0 N–H and O–H groups in total. The molecule has 32 heavy (non-hydrogen) atoms. The summed E-state index contributed by atoms with van der Waals surface area (Å²) in [5, 5.41) is 0. The lowest BCUT2D eigenvalue weighted by Crippen LogP contribution is -2.48. The van der Waals surface area contributed by atoms with E-state index < -0.39 is 0 Å². The predicted octanol–water partition coefficient (Wildman–Crippen LogP) is 5.08. The predicted molar refractivity (Wildman–Crippen MR) is 124 cm³/mol. The Kier molecular flexibility index (Phi) is 7.69. The molecule has 1 saturated carbocycles. The first-order valence-electron chi connectivity index (χ1n) is 12.0. The minimum Gasteiger partial charge on any atom is -0.334 e. The minimum atomic E-state index is -0.253. The molecule has 1 amide bonds. The Morgan fingerprint density at radius 2 is 1.53 bits per heavy atom. The van der Waals surface area contributed by atoms with Gasteiger partial charge in [0.1, 0.15) is 5.82 Å². The van der Waals surface area contributed by atoms with Gasteiger partial charge in [-0.3, -0.25) is 14.5 Å². The molecule has 0 bridgehead atoms. The Bertz CT molecular complexity index is 886. The number of carbonyl (C=O) groups excluding carboxylic acids is 2. The van der Waals surface area contributed by atoms with Gasteiger partial charge in [0.15, 0.2) is 5.78 Å². The van der Waals surface area contributed by atoms with Crippen LogP contribution in [-0.4, -0.2) is 47.2 Å². The summed E-state index contributed by atoms with van der Waals surface area (Å²) in [6, 6.07) is 16.3. The number of piperidine rings is 1. The number of ketones is 1. The zero-order valence-corrected chi connectivity index (χ0v) is 18.7. The largest absolute Gasteiger partial charge is 0.334 e. The van der Waals surface area contributed by atoms with Crippen LogP contribution in [0.25, 0.3) is 0 Å². The Hall–Kier alpha value is -2.53. The van der Waals surface area contributed by atoms with Crippen molar-refractivity contribution in [3.63, 3.8) is 0 Å². The first-order valence-corrected chi connectivity index (χ1v) is 12.0. The molecule has 2 fully saturated rings. The first-order chi connectivity index (χ1) is 15.6. The van der Waals surface area contributed by atoms with E-state index in [2.05, 4.69) is 4.90 Å². The van der Waals surface area contributed by atoms with Crippen molar-refractivity contribution in [1.82, 2.24) is 9.80 Å². The van der Waals surface area contributed by atoms with E-state index in [1.807, 2.05) is 35.2 Å². The number of likely N-dealkylation sites (tertiary alicyclic amines) is 1. The van der Waals surface area contributed by atoms with Crippen LogP contribution in [0.4, 0.5) is 4.39 Å². The van der Waals surface area contributed by atoms with Gasteiger partial charge in [0, 0.05) is 24.1 Å². The van der Waals surface area contributed by atoms with Crippen LogP contribution >= 0.6 is 0 Å². The standard InChI is InChI=1S/C27H33FN2O2/c28-24-13-11-21(12-14-24)19-30(25-9-5-2-6-10-25)26(31)20-29-17-15-23(16-18-29)27(32)22-7-3-1-4-8-22/h1,3-4,7-8,11-14,23,25H,2,5-6,9-10,15-20H2. The second kappa shape index (κ2) is 10.9. The summed E-state index contributed by atoms with van der Waals surface area (Å²) in [5.41, 5.74) is 1.75. The second-order valence-electron chi connectivity index (χ2n) is 9.22. The van der Waals surface area contributed by atoms with E-state index in [4.69, 9.17) is 0 Å². The fourth-order valence-electron chi connectivity index (χ4n) is 5.07. The third-order valence-electron chi connectivity index (χ3n) is 6.98. The number of carbonyl (C=O) groups is 2. The van der Waals surface area contributed by atoms with Crippen molar-refractivity contribution < 1.29 is 14.0 Å². The van der Waals surface area contributed by atoms with E-state index in [1.54, 1.807) is 12.1 Å². The van der Waals surface area contributed by atoms with Gasteiger partial charge in [-0.05, 0) is 56.5 Å². The quantitative estimate of drug-likeness (QED) is 0.568. The molecule has 4 rings (SSSR count). The topological polar surface area (TPSA) is 40.6 Å². The molecule has 2 aliphatic rings. The van der Waals surface area contributed by atoms with Crippen LogP contribution in [0.2, 0.25) is 0 Å². The van der Waals surface area contributed by atoms with Crippen LogP contribution in [0.3, 0.4) is 0 Å². The lowest BCUT2D eigenvalue weighted by Gasteiger charge is -2.37. The number of hydrogen-bond acceptors (Lipinski definition) is 3. The van der Waals surface area contributed by atoms with Gasteiger partial charge in [-0.2, -0.15) is 0 Å². The first kappa shape index (κ1) is 22.7. The van der Waals surface area contributed by atoms with Gasteiger partial charge in [0.05, 0.1) is 6.54 Å². The lowest BCUT2D eigenvalue weighted by molar-refractivity contribution is -0.136. The highest BCUT2D eigenvalue weighted by molar-refractivity contribution is 5.97. The van der Waals surface area contributed by atoms with Gasteiger partial charge in [-0.25, -0.2) is 4.39 Å². The average molecular weight is 437 g/mol. The minimum absolute atomic E-state index is 0.0393. The number of benzene rings is 2. The Balaban J connectivity index is 1.35. The summed E-state index contributed by atoms with van der Waals surface area (Å²) in [5.74, 6) is 0.153. The summed E-state index contributed by atoms with van der Waals surface area (Å²) in [6.45, 7) is 2.46. The molecule has 1 aliphatic carbocycles. The average Bonchev–Trinajstić information content (AvgIpc) is 2.84. The monoisotopic (exact) mass is 436 g/mol. The molecule has 1 saturated heterocycles. The SMILES string of the molecule is O=C(c1ccccc1)C1CCN(CC(=O)N(Cc2ccc(F)cc2)C2CCCCC2)CC1. The van der Waals surface area contributed by atoms with E-state index in [0.717, 1.165) is 62.7 Å². The lowest BCUT2D eigenvalue weighted by atomic mass is 9.89. The maximum absolute atomic E-state index is 13.4. The molecule has 0 radical (unpaired) electrons. The smallest absolute Gasteiger partial charge is 0.237 e. The van der Waals surface area contributed by atoms with E-state index in [9.17, 15) is 14.0 Å². The van der Waals surface area contributed by atoms with Crippen LogP contribution < -0.4 is 0 Å². The summed E-state index contributed by atoms with van der Waals surface area (Å²) >= 11 is 0. The van der Waals surface area contributed by atoms with Gasteiger partial charge in [-0.1, -0.05) is 61.7 Å². The fourth-order valence-corrected chi connectivity index (χ4v) is 5.07. The summed E-state index contributed by atoms with van der Waals surface area (Å²) in [7, 11) is 0. The van der Waals surface area contributed by atoms with Crippen molar-refractivity contribution >= 4 is 11.7 Å². The molecular weight excluding hydrogens is 403 g/mol. The number of rotatable bonds is 7. The second-order valence-corrected chi connectivity index (χ2v) is 9.22. The van der Waals surface area contributed by atoms with E-state index in [-0.39, 0.29) is 29.5 Å². The van der Waals surface area contributed by atoms with Crippen LogP contribution in [0.1, 0.15) is 60.9 Å². The molecular formula is C27H33FN2O2. The maximum Gasteiger partial charge on any atom is 0.237 e. The maximum atomic E-state index is 13.4. The van der Waals surface area contributed by atoms with Crippen molar-refractivity contribution in [2.24, 2.45) is 5.92 Å². The van der Waals surface area contributed by atoms with Crippen LogP contribution in [0, 0.1) is 11.7 Å². The fraction of sp³-hybridized carbons (Fsp3) is 0.481. The van der Waals surface area contributed by atoms with Gasteiger partial charge in [-0.15, -0.1) is 0 Å². The van der Waals surface area contributed by atoms with Crippen molar-refractivity contribution in [2.75, 3.05) is 19.6 Å². The summed E-state index contributed by atoms with van der Waals surface area (Å²) in [6.07, 6.45) is 7.22. The van der Waals surface area contributed by atoms with Crippen molar-refractivity contribution in [1.29, 1.82) is 0 Å². The third kappa shape index (κ3) is 5.83. The Labute approximate surface area is 190 Å². The van der Waals surface area contributed by atoms with Crippen molar-refractivity contribution in [3.8, 4) is 0 Å². The zero-order valence-electron chi connectivity index (χ0n) is 18.7. The molecule has 170 valence electrons. The third-order valence-corrected chi connectivity index (χ3v) is 6.98. The van der Waals surface area contributed by atoms with Crippen LogP contribution in [0.15, 0.2) is 54.6 Å². The highest BCUT2D eigenvalue weighted by Gasteiger charge is 2.30. The normalized spacial score (nSPS) is 18.4. The molecule has 0 spiro atoms. The zero-order chi connectivity index (χ0) is 22.3. The van der Waals surface area contributed by atoms with E-state index >= 15 is 0 Å². The summed E-state index contributed by atoms with van der Waals surface area (Å²) < 4.78 is 13.3. The molecule has 2 aromatic rings. The molecule has 0 atom stereocenters. The van der Waals surface area contributed by atoms with Gasteiger partial charge in [0.2, 0.25) is 5.91 Å². The van der Waals surface area contributed by atoms with E-state index in [0.29, 0.717) is 13.1 Å². The van der Waals surface area contributed by atoms with Crippen LogP contribution in [0.5, 0.6) is 0 Å². The van der Waals surface area contributed by atoms with Crippen LogP contribution in [-0.2, 0) is 11.3 Å². The van der Waals surface area contributed by atoms with Crippen molar-refractivity contribution in [3.05, 3.63) is 71.5 Å². The van der Waals surface area contributed by atoms with Gasteiger partial charge >= 0.3 is 0 Å². The number of nitrogens with zero attached hydrogens (tertiary/aromatic N) is 2. The molecule has 1 aliphatic heterocycles. The Morgan fingerprint density at radius 1 is 0.875 bits per heavy atom. The summed E-state index contributed by atoms with van der Waals surface area (Å²) in [4.78, 5) is 30.3. The number of amides is 1. The highest BCUT2D eigenvalue weighted by Crippen LogP contribution is 2.26. The molecule has 4 nitrogen and oxygen atoms in total. The van der Waals surface area contributed by atoms with Gasteiger partial charge < -0.3 is 4.90 Å². The van der Waals surface area contributed by atoms with Crippen molar-refractivity contribution in [2.45, 2.75) is 57.5 Å². The van der Waals surface area contributed by atoms with E-state index in [1.165, 1.54) is 18.6 Å². The molecule has 1 heterocycles. The molecule has 0 aromatic heterocycles. The highest BCUT2D eigenvalue weighted by atomic mass is 19.1. The molecule has 2 aromatic carbocycles. The molecule has 0 unspecified atom stereocenters.